The summed E-state index contributed by atoms with van der Waals surface area (Å²) in [5.74, 6) is 2.79. The molecule has 1 aromatic heterocycles. The van der Waals surface area contributed by atoms with E-state index in [-0.39, 0.29) is 5.91 Å². The molecule has 1 unspecified atom stereocenters. The number of fused-ring (bicyclic) bond motifs is 1. The van der Waals surface area contributed by atoms with Crippen LogP contribution < -0.4 is 20.1 Å². The smallest absolute Gasteiger partial charge is 0.255 e. The van der Waals surface area contributed by atoms with Crippen LogP contribution in [-0.4, -0.2) is 39.6 Å². The van der Waals surface area contributed by atoms with Gasteiger partial charge in [0.05, 0.1) is 24.5 Å². The van der Waals surface area contributed by atoms with E-state index in [1.54, 1.807) is 11.8 Å². The molecule has 1 aliphatic rings. The molecule has 4 rings (SSSR count). The number of hydrogen-bond acceptors (Lipinski definition) is 7. The Bertz CT molecular complexity index is 1260. The number of hydrogen-bond donors (Lipinski definition) is 2. The molecule has 1 amide bonds. The molecule has 0 spiro atoms. The molecule has 1 aliphatic heterocycles. The first-order valence-electron chi connectivity index (χ1n) is 13.4. The summed E-state index contributed by atoms with van der Waals surface area (Å²) in [4.78, 5) is 18.6. The van der Waals surface area contributed by atoms with Crippen molar-refractivity contribution in [2.45, 2.75) is 64.6 Å². The number of unbranched alkanes of at least 4 members (excludes halogenated alkanes) is 2. The van der Waals surface area contributed by atoms with E-state index < -0.39 is 6.04 Å². The van der Waals surface area contributed by atoms with E-state index in [0.717, 1.165) is 48.4 Å². The molecular formula is C29H37N5O3S. The summed E-state index contributed by atoms with van der Waals surface area (Å²) in [6.07, 6.45) is 4.29. The molecule has 0 radical (unpaired) electrons. The Morgan fingerprint density at radius 3 is 2.55 bits per heavy atom. The van der Waals surface area contributed by atoms with E-state index in [9.17, 15) is 4.79 Å². The van der Waals surface area contributed by atoms with Crippen molar-refractivity contribution in [1.29, 1.82) is 0 Å². The number of allylic oxidation sites excluding steroid dienone is 1. The molecule has 8 nitrogen and oxygen atoms in total. The summed E-state index contributed by atoms with van der Waals surface area (Å²) in [6, 6.07) is 14.9. The molecule has 0 aliphatic carbocycles. The fourth-order valence-electron chi connectivity index (χ4n) is 4.22. The minimum absolute atomic E-state index is 0.225. The summed E-state index contributed by atoms with van der Waals surface area (Å²) in [6.45, 7) is 9.32. The topological polar surface area (TPSA) is 90.3 Å². The van der Waals surface area contributed by atoms with Gasteiger partial charge in [-0.05, 0) is 56.5 Å². The number of carbonyl (C=O) groups excluding carboxylic acids is 1. The minimum Gasteiger partial charge on any atom is -0.494 e. The average molecular weight is 536 g/mol. The number of carbonyl (C=O) groups is 1. The lowest BCUT2D eigenvalue weighted by atomic mass is 9.95. The van der Waals surface area contributed by atoms with Crippen molar-refractivity contribution >= 4 is 29.3 Å². The molecule has 1 atom stereocenters. The summed E-state index contributed by atoms with van der Waals surface area (Å²) in [7, 11) is 0. The third-order valence-corrected chi connectivity index (χ3v) is 7.13. The van der Waals surface area contributed by atoms with Crippen LogP contribution in [0, 0.1) is 0 Å². The quantitative estimate of drug-likeness (QED) is 0.186. The van der Waals surface area contributed by atoms with Crippen molar-refractivity contribution in [1.82, 2.24) is 14.8 Å². The second-order valence-electron chi connectivity index (χ2n) is 9.09. The van der Waals surface area contributed by atoms with Gasteiger partial charge in [0.25, 0.3) is 5.91 Å². The number of anilines is 2. The third kappa shape index (κ3) is 6.51. The van der Waals surface area contributed by atoms with Crippen molar-refractivity contribution in [3.05, 3.63) is 65.4 Å². The number of nitrogens with one attached hydrogen (secondary N) is 2. The highest BCUT2D eigenvalue weighted by Gasteiger charge is 2.34. The van der Waals surface area contributed by atoms with Gasteiger partial charge in [-0.1, -0.05) is 62.7 Å². The maximum atomic E-state index is 13.8. The Labute approximate surface area is 229 Å². The lowest BCUT2D eigenvalue weighted by molar-refractivity contribution is -0.113. The van der Waals surface area contributed by atoms with Gasteiger partial charge < -0.3 is 20.1 Å². The van der Waals surface area contributed by atoms with Gasteiger partial charge in [-0.3, -0.25) is 4.79 Å². The van der Waals surface area contributed by atoms with Gasteiger partial charge >= 0.3 is 0 Å². The Morgan fingerprint density at radius 1 is 1.05 bits per heavy atom. The van der Waals surface area contributed by atoms with Gasteiger partial charge in [0, 0.05) is 11.4 Å². The van der Waals surface area contributed by atoms with Crippen LogP contribution in [0.4, 0.5) is 11.6 Å². The summed E-state index contributed by atoms with van der Waals surface area (Å²) < 4.78 is 13.4. The fraction of sp³-hybridized carbons (Fsp3) is 0.414. The molecule has 0 bridgehead atoms. The number of aromatic nitrogens is 3. The first kappa shape index (κ1) is 27.6. The van der Waals surface area contributed by atoms with Crippen LogP contribution in [0.25, 0.3) is 0 Å². The standard InChI is InChI=1S/C29H37N5O3S/c1-5-8-18-37-22-16-14-21(15-17-22)26-25(27(35)31-23-12-10-11-13-24(23)36-7-3)20(4)30-28-32-29(33-34(26)28)38-19-9-6-2/h10-17,26H,5-9,18-19H2,1-4H3,(H,31,35)(H,30,32,33). The van der Waals surface area contributed by atoms with Gasteiger partial charge in [0.2, 0.25) is 11.1 Å². The molecule has 2 N–H and O–H groups in total. The van der Waals surface area contributed by atoms with Gasteiger partial charge in [0.15, 0.2) is 0 Å². The largest absolute Gasteiger partial charge is 0.494 e. The van der Waals surface area contributed by atoms with Crippen LogP contribution >= 0.6 is 11.8 Å². The zero-order chi connectivity index (χ0) is 26.9. The normalized spacial score (nSPS) is 14.6. The molecule has 2 heterocycles. The molecule has 38 heavy (non-hydrogen) atoms. The monoisotopic (exact) mass is 535 g/mol. The van der Waals surface area contributed by atoms with E-state index in [1.165, 1.54) is 0 Å². The Kier molecular flexibility index (Phi) is 9.70. The fourth-order valence-corrected chi connectivity index (χ4v) is 5.14. The summed E-state index contributed by atoms with van der Waals surface area (Å²) in [5, 5.41) is 11.9. The number of benzene rings is 2. The first-order valence-corrected chi connectivity index (χ1v) is 14.4. The third-order valence-electron chi connectivity index (χ3n) is 6.20. The van der Waals surface area contributed by atoms with Crippen molar-refractivity contribution in [2.75, 3.05) is 29.6 Å². The molecule has 0 saturated heterocycles. The van der Waals surface area contributed by atoms with Gasteiger partial charge in [-0.25, -0.2) is 4.68 Å². The van der Waals surface area contributed by atoms with Crippen LogP contribution in [0.3, 0.4) is 0 Å². The zero-order valence-corrected chi connectivity index (χ0v) is 23.4. The van der Waals surface area contributed by atoms with Crippen LogP contribution in [-0.2, 0) is 4.79 Å². The molecule has 3 aromatic rings. The molecule has 9 heteroatoms. The van der Waals surface area contributed by atoms with E-state index in [0.29, 0.717) is 41.3 Å². The van der Waals surface area contributed by atoms with E-state index in [4.69, 9.17) is 19.6 Å². The number of ether oxygens (including phenoxy) is 2. The number of para-hydroxylation sites is 2. The highest BCUT2D eigenvalue weighted by atomic mass is 32.2. The maximum absolute atomic E-state index is 13.8. The molecule has 2 aromatic carbocycles. The number of rotatable bonds is 13. The molecular weight excluding hydrogens is 498 g/mol. The molecule has 202 valence electrons. The predicted molar refractivity (Wildman–Crippen MR) is 153 cm³/mol. The molecule has 0 saturated carbocycles. The van der Waals surface area contributed by atoms with Crippen molar-refractivity contribution in [3.8, 4) is 11.5 Å². The summed E-state index contributed by atoms with van der Waals surface area (Å²) >= 11 is 1.63. The maximum Gasteiger partial charge on any atom is 0.255 e. The second-order valence-corrected chi connectivity index (χ2v) is 10.1. The van der Waals surface area contributed by atoms with E-state index >= 15 is 0 Å². The highest BCUT2D eigenvalue weighted by Crippen LogP contribution is 2.38. The van der Waals surface area contributed by atoms with Crippen molar-refractivity contribution in [2.24, 2.45) is 0 Å². The number of thioether (sulfide) groups is 1. The minimum atomic E-state index is -0.455. The first-order chi connectivity index (χ1) is 18.5. The van der Waals surface area contributed by atoms with Crippen LogP contribution in [0.1, 0.15) is 65.0 Å². The summed E-state index contributed by atoms with van der Waals surface area (Å²) in [5.41, 5.74) is 2.85. The van der Waals surface area contributed by atoms with Crippen molar-refractivity contribution < 1.29 is 14.3 Å². The van der Waals surface area contributed by atoms with Gasteiger partial charge in [-0.2, -0.15) is 4.98 Å². The number of amides is 1. The number of nitrogens with zero attached hydrogens (tertiary/aromatic N) is 3. The van der Waals surface area contributed by atoms with Crippen LogP contribution in [0.2, 0.25) is 0 Å². The zero-order valence-electron chi connectivity index (χ0n) is 22.6. The Balaban J connectivity index is 1.68. The van der Waals surface area contributed by atoms with Gasteiger partial charge in [-0.15, -0.1) is 5.10 Å². The van der Waals surface area contributed by atoms with Crippen LogP contribution in [0.15, 0.2) is 65.0 Å². The Morgan fingerprint density at radius 2 is 1.82 bits per heavy atom. The van der Waals surface area contributed by atoms with Gasteiger partial charge in [0.1, 0.15) is 17.5 Å². The SMILES string of the molecule is CCCCOc1ccc(C2C(C(=O)Nc3ccccc3OCC)=C(C)Nc3nc(SCCCC)nn32)cc1. The van der Waals surface area contributed by atoms with Crippen LogP contribution in [0.5, 0.6) is 11.5 Å². The van der Waals surface area contributed by atoms with Crippen molar-refractivity contribution in [3.63, 3.8) is 0 Å². The Hall–Kier alpha value is -3.46. The predicted octanol–water partition coefficient (Wildman–Crippen LogP) is 6.68. The molecule has 0 fully saturated rings. The van der Waals surface area contributed by atoms with E-state index in [2.05, 4.69) is 24.5 Å². The highest BCUT2D eigenvalue weighted by molar-refractivity contribution is 7.99. The van der Waals surface area contributed by atoms with E-state index in [1.807, 2.05) is 67.1 Å². The second kappa shape index (κ2) is 13.4. The average Bonchev–Trinajstić information content (AvgIpc) is 3.32. The lowest BCUT2D eigenvalue weighted by Crippen LogP contribution is -2.31. The lowest BCUT2D eigenvalue weighted by Gasteiger charge is -2.29.